The van der Waals surface area contributed by atoms with Gasteiger partial charge in [-0.2, -0.15) is 5.26 Å². The van der Waals surface area contributed by atoms with E-state index in [0.717, 1.165) is 24.3 Å². The Balaban J connectivity index is 1.49. The maximum atomic E-state index is 12.9. The Labute approximate surface area is 214 Å². The fourth-order valence-electron chi connectivity index (χ4n) is 4.05. The van der Waals surface area contributed by atoms with Crippen LogP contribution in [0.4, 0.5) is 28.8 Å². The Kier molecular flexibility index (Phi) is 7.99. The van der Waals surface area contributed by atoms with Crippen molar-refractivity contribution in [3.05, 3.63) is 54.1 Å². The second-order valence-corrected chi connectivity index (χ2v) is 8.41. The summed E-state index contributed by atoms with van der Waals surface area (Å²) in [6, 6.07) is 16.0. The number of hydrogen-bond donors (Lipinski definition) is 5. The van der Waals surface area contributed by atoms with Crippen LogP contribution in [0.2, 0.25) is 0 Å². The SMILES string of the molecule is CCN1CCN(c2ccc(NCCNc3ccc(N(O)O)c(N)n3)nc2-c2ccc(C#N)cc2)C(=O)C1. The number of anilines is 5. The van der Waals surface area contributed by atoms with E-state index in [1.165, 1.54) is 6.07 Å². The molecule has 192 valence electrons. The van der Waals surface area contributed by atoms with Crippen molar-refractivity contribution in [3.8, 4) is 17.3 Å². The van der Waals surface area contributed by atoms with Crippen LogP contribution in [0.3, 0.4) is 0 Å². The van der Waals surface area contributed by atoms with E-state index in [0.29, 0.717) is 49.1 Å². The molecule has 0 saturated carbocycles. The first-order valence-corrected chi connectivity index (χ1v) is 11.9. The minimum absolute atomic E-state index is 0.0158. The number of nitrogen functional groups attached to an aromatic ring is 1. The van der Waals surface area contributed by atoms with Gasteiger partial charge in [-0.25, -0.2) is 9.97 Å². The highest BCUT2D eigenvalue weighted by atomic mass is 16.8. The van der Waals surface area contributed by atoms with Crippen LogP contribution in [0.25, 0.3) is 11.3 Å². The first-order valence-electron chi connectivity index (χ1n) is 11.9. The van der Waals surface area contributed by atoms with E-state index in [-0.39, 0.29) is 22.6 Å². The van der Waals surface area contributed by atoms with Crippen molar-refractivity contribution in [1.29, 1.82) is 5.26 Å². The standard InChI is InChI=1S/C25H29N9O3/c1-2-32-13-14-33(23(35)16-32)19-7-9-21(30-24(19)18-5-3-17(15-26)4-6-18)28-11-12-29-22-10-8-20(34(36)37)25(27)31-22/h3-10,36-37H,2,11-14,16H2,1H3,(H,28,30)(H3,27,29,31). The van der Waals surface area contributed by atoms with Gasteiger partial charge >= 0.3 is 0 Å². The number of likely N-dealkylation sites (N-methyl/N-ethyl adjacent to an activating group) is 1. The summed E-state index contributed by atoms with van der Waals surface area (Å²) in [7, 11) is 0. The summed E-state index contributed by atoms with van der Waals surface area (Å²) in [5.41, 5.74) is 8.45. The van der Waals surface area contributed by atoms with Gasteiger partial charge in [0.1, 0.15) is 17.3 Å². The molecule has 1 amide bonds. The normalized spacial score (nSPS) is 13.8. The van der Waals surface area contributed by atoms with Crippen molar-refractivity contribution in [2.75, 3.05) is 65.8 Å². The lowest BCUT2D eigenvalue weighted by Gasteiger charge is -2.34. The lowest BCUT2D eigenvalue weighted by molar-refractivity contribution is -0.121. The van der Waals surface area contributed by atoms with Crippen LogP contribution in [0.15, 0.2) is 48.5 Å². The number of carbonyl (C=O) groups is 1. The van der Waals surface area contributed by atoms with Crippen molar-refractivity contribution in [3.63, 3.8) is 0 Å². The smallest absolute Gasteiger partial charge is 0.241 e. The maximum absolute atomic E-state index is 12.9. The molecule has 0 bridgehead atoms. The van der Waals surface area contributed by atoms with E-state index < -0.39 is 0 Å². The summed E-state index contributed by atoms with van der Waals surface area (Å²) in [6.07, 6.45) is 0. The molecule has 0 atom stereocenters. The summed E-state index contributed by atoms with van der Waals surface area (Å²) in [5, 5.41) is 33.7. The number of nitrogens with zero attached hydrogens (tertiary/aromatic N) is 6. The molecule has 1 aliphatic heterocycles. The Morgan fingerprint density at radius 2 is 1.70 bits per heavy atom. The molecular formula is C25H29N9O3. The van der Waals surface area contributed by atoms with Crippen LogP contribution in [0, 0.1) is 11.3 Å². The molecule has 12 nitrogen and oxygen atoms in total. The van der Waals surface area contributed by atoms with Crippen LogP contribution in [0.5, 0.6) is 0 Å². The Bertz CT molecular complexity index is 1290. The van der Waals surface area contributed by atoms with Gasteiger partial charge in [-0.15, -0.1) is 5.23 Å². The van der Waals surface area contributed by atoms with Crippen LogP contribution >= 0.6 is 0 Å². The average Bonchev–Trinajstić information content (AvgIpc) is 2.91. The molecule has 37 heavy (non-hydrogen) atoms. The number of pyridine rings is 2. The highest BCUT2D eigenvalue weighted by Gasteiger charge is 2.27. The molecule has 3 aromatic rings. The van der Waals surface area contributed by atoms with Gasteiger partial charge < -0.3 is 21.3 Å². The Hall–Kier alpha value is -4.44. The van der Waals surface area contributed by atoms with E-state index in [1.54, 1.807) is 23.1 Å². The topological polar surface area (TPSA) is 167 Å². The second-order valence-electron chi connectivity index (χ2n) is 8.41. The Morgan fingerprint density at radius 1 is 1.03 bits per heavy atom. The molecule has 1 aliphatic rings. The lowest BCUT2D eigenvalue weighted by atomic mass is 10.1. The third kappa shape index (κ3) is 6.04. The van der Waals surface area contributed by atoms with Crippen molar-refractivity contribution in [1.82, 2.24) is 14.9 Å². The fraction of sp³-hybridized carbons (Fsp3) is 0.280. The molecule has 0 spiro atoms. The van der Waals surface area contributed by atoms with E-state index in [9.17, 15) is 4.79 Å². The number of nitrogens with two attached hydrogens (primary N) is 1. The molecule has 6 N–H and O–H groups in total. The maximum Gasteiger partial charge on any atom is 0.241 e. The van der Waals surface area contributed by atoms with E-state index >= 15 is 0 Å². The predicted octanol–water partition coefficient (Wildman–Crippen LogP) is 2.37. The molecule has 2 aromatic heterocycles. The number of piperazine rings is 1. The first-order chi connectivity index (χ1) is 17.9. The molecular weight excluding hydrogens is 474 g/mol. The van der Waals surface area contributed by atoms with Crippen molar-refractivity contribution in [2.24, 2.45) is 0 Å². The van der Waals surface area contributed by atoms with Crippen molar-refractivity contribution in [2.45, 2.75) is 6.92 Å². The number of benzene rings is 1. The summed E-state index contributed by atoms with van der Waals surface area (Å²) < 4.78 is 0. The van der Waals surface area contributed by atoms with Gasteiger partial charge in [-0.05, 0) is 42.9 Å². The summed E-state index contributed by atoms with van der Waals surface area (Å²) in [5.74, 6) is 1.11. The summed E-state index contributed by atoms with van der Waals surface area (Å²) in [6.45, 7) is 5.58. The van der Waals surface area contributed by atoms with Crippen LogP contribution in [-0.4, -0.2) is 70.5 Å². The number of aromatic nitrogens is 2. The zero-order valence-electron chi connectivity index (χ0n) is 20.4. The zero-order chi connectivity index (χ0) is 26.4. The van der Waals surface area contributed by atoms with E-state index in [4.69, 9.17) is 26.4 Å². The highest BCUT2D eigenvalue weighted by Crippen LogP contribution is 2.32. The molecule has 1 aromatic carbocycles. The quantitative estimate of drug-likeness (QED) is 0.215. The van der Waals surface area contributed by atoms with Crippen molar-refractivity contribution >= 4 is 34.7 Å². The molecule has 3 heterocycles. The van der Waals surface area contributed by atoms with E-state index in [1.807, 2.05) is 31.2 Å². The predicted molar refractivity (Wildman–Crippen MR) is 141 cm³/mol. The van der Waals surface area contributed by atoms with Gasteiger partial charge in [0, 0.05) is 31.7 Å². The minimum atomic E-state index is -0.0777. The number of hydrogen-bond acceptors (Lipinski definition) is 11. The van der Waals surface area contributed by atoms with E-state index in [2.05, 4.69) is 26.6 Å². The third-order valence-electron chi connectivity index (χ3n) is 6.05. The zero-order valence-corrected chi connectivity index (χ0v) is 20.4. The summed E-state index contributed by atoms with van der Waals surface area (Å²) >= 11 is 0. The lowest BCUT2D eigenvalue weighted by Crippen LogP contribution is -2.50. The van der Waals surface area contributed by atoms with Crippen LogP contribution in [-0.2, 0) is 4.79 Å². The third-order valence-corrected chi connectivity index (χ3v) is 6.05. The molecule has 0 radical (unpaired) electrons. The average molecular weight is 504 g/mol. The van der Waals surface area contributed by atoms with Crippen LogP contribution < -0.4 is 26.5 Å². The molecule has 0 aliphatic carbocycles. The largest absolute Gasteiger partial charge is 0.382 e. The van der Waals surface area contributed by atoms with Gasteiger partial charge in [0.15, 0.2) is 5.82 Å². The van der Waals surface area contributed by atoms with Crippen LogP contribution in [0.1, 0.15) is 12.5 Å². The molecule has 4 rings (SSSR count). The van der Waals surface area contributed by atoms with Crippen molar-refractivity contribution < 1.29 is 15.2 Å². The monoisotopic (exact) mass is 503 g/mol. The minimum Gasteiger partial charge on any atom is -0.382 e. The molecule has 12 heteroatoms. The van der Waals surface area contributed by atoms with Gasteiger partial charge in [0.25, 0.3) is 0 Å². The van der Waals surface area contributed by atoms with Gasteiger partial charge in [0.2, 0.25) is 5.91 Å². The number of amides is 1. The number of nitrogens with one attached hydrogen (secondary N) is 2. The Morgan fingerprint density at radius 3 is 2.30 bits per heavy atom. The van der Waals surface area contributed by atoms with Gasteiger partial charge in [-0.3, -0.25) is 20.1 Å². The number of nitriles is 1. The highest BCUT2D eigenvalue weighted by molar-refractivity contribution is 5.99. The first kappa shape index (κ1) is 25.6. The molecule has 1 saturated heterocycles. The molecule has 1 fully saturated rings. The van der Waals surface area contributed by atoms with Gasteiger partial charge in [0.05, 0.1) is 29.6 Å². The number of rotatable bonds is 9. The molecule has 0 unspecified atom stereocenters. The fourth-order valence-corrected chi connectivity index (χ4v) is 4.05. The second kappa shape index (κ2) is 11.5. The number of carbonyl (C=O) groups excluding carboxylic acids is 1. The van der Waals surface area contributed by atoms with Gasteiger partial charge in [-0.1, -0.05) is 19.1 Å². The summed E-state index contributed by atoms with van der Waals surface area (Å²) in [4.78, 5) is 25.7.